The van der Waals surface area contributed by atoms with Crippen molar-refractivity contribution >= 4 is 11.7 Å². The smallest absolute Gasteiger partial charge is 0.274 e. The van der Waals surface area contributed by atoms with Crippen LogP contribution in [0.4, 0.5) is 0 Å². The summed E-state index contributed by atoms with van der Waals surface area (Å²) in [6.07, 6.45) is 5.39. The van der Waals surface area contributed by atoms with E-state index in [1.807, 2.05) is 54.6 Å². The van der Waals surface area contributed by atoms with Crippen molar-refractivity contribution in [2.45, 2.75) is 58.2 Å². The normalized spacial score (nSPS) is 15.4. The summed E-state index contributed by atoms with van der Waals surface area (Å²) in [5, 5.41) is 13.6. The largest absolute Gasteiger partial charge is 0.494 e. The lowest BCUT2D eigenvalue weighted by Gasteiger charge is -2.20. The lowest BCUT2D eigenvalue weighted by molar-refractivity contribution is -0.156. The van der Waals surface area contributed by atoms with E-state index >= 15 is 0 Å². The van der Waals surface area contributed by atoms with Gasteiger partial charge in [0.05, 0.1) is 6.61 Å². The number of hydrogen-bond donors (Lipinski definition) is 2. The van der Waals surface area contributed by atoms with Crippen LogP contribution in [-0.4, -0.2) is 47.9 Å². The monoisotopic (exact) mass is 453 g/mol. The molecule has 0 saturated heterocycles. The van der Waals surface area contributed by atoms with Gasteiger partial charge in [0.15, 0.2) is 5.84 Å². The number of benzene rings is 2. The van der Waals surface area contributed by atoms with E-state index in [0.717, 1.165) is 29.7 Å². The first-order valence-electron chi connectivity index (χ1n) is 11.9. The van der Waals surface area contributed by atoms with Crippen LogP contribution in [0.5, 0.6) is 5.75 Å². The number of rotatable bonds is 14. The predicted molar refractivity (Wildman–Crippen MR) is 129 cm³/mol. The Morgan fingerprint density at radius 2 is 1.82 bits per heavy atom. The fourth-order valence-corrected chi connectivity index (χ4v) is 3.54. The SMILES string of the molecule is CCCCCCCN1OC(C(=O)NCc2ccccc2)N=C1c1ccc(OCCCO)cc1. The van der Waals surface area contributed by atoms with E-state index in [1.165, 1.54) is 19.3 Å². The number of nitrogens with zero attached hydrogens (tertiary/aromatic N) is 2. The summed E-state index contributed by atoms with van der Waals surface area (Å²) in [5.74, 6) is 1.14. The number of unbranched alkanes of at least 4 members (excludes halogenated alkanes) is 4. The van der Waals surface area contributed by atoms with E-state index in [1.54, 1.807) is 5.06 Å². The maximum absolute atomic E-state index is 12.7. The number of carbonyl (C=O) groups is 1. The molecule has 1 heterocycles. The van der Waals surface area contributed by atoms with Crippen LogP contribution in [0.3, 0.4) is 0 Å². The Balaban J connectivity index is 1.64. The molecular weight excluding hydrogens is 418 g/mol. The molecule has 0 aliphatic carbocycles. The van der Waals surface area contributed by atoms with Gasteiger partial charge in [-0.2, -0.15) is 0 Å². The van der Waals surface area contributed by atoms with Gasteiger partial charge in [0.25, 0.3) is 12.1 Å². The fraction of sp³-hybridized carbons (Fsp3) is 0.462. The number of amidine groups is 1. The van der Waals surface area contributed by atoms with Crippen LogP contribution in [-0.2, 0) is 16.2 Å². The van der Waals surface area contributed by atoms with Crippen LogP contribution in [0.15, 0.2) is 59.6 Å². The zero-order valence-electron chi connectivity index (χ0n) is 19.4. The molecule has 1 aliphatic rings. The lowest BCUT2D eigenvalue weighted by Crippen LogP contribution is -2.36. The van der Waals surface area contributed by atoms with Crippen molar-refractivity contribution in [1.82, 2.24) is 10.4 Å². The molecule has 1 amide bonds. The Kier molecular flexibility index (Phi) is 10.2. The first-order valence-corrected chi connectivity index (χ1v) is 11.9. The van der Waals surface area contributed by atoms with Gasteiger partial charge in [-0.15, -0.1) is 0 Å². The number of carbonyl (C=O) groups excluding carboxylic acids is 1. The van der Waals surface area contributed by atoms with Gasteiger partial charge in [0.1, 0.15) is 5.75 Å². The number of ether oxygens (including phenoxy) is 1. The molecule has 3 rings (SSSR count). The zero-order valence-corrected chi connectivity index (χ0v) is 19.4. The Labute approximate surface area is 196 Å². The summed E-state index contributed by atoms with van der Waals surface area (Å²) in [5.41, 5.74) is 1.90. The Bertz CT molecular complexity index is 871. The molecule has 2 N–H and O–H groups in total. The molecule has 0 bridgehead atoms. The summed E-state index contributed by atoms with van der Waals surface area (Å²) < 4.78 is 5.62. The lowest BCUT2D eigenvalue weighted by atomic mass is 10.1. The zero-order chi connectivity index (χ0) is 23.3. The average Bonchev–Trinajstić information content (AvgIpc) is 3.28. The van der Waals surface area contributed by atoms with Crippen LogP contribution < -0.4 is 10.1 Å². The quantitative estimate of drug-likeness (QED) is 0.422. The van der Waals surface area contributed by atoms with Crippen LogP contribution >= 0.6 is 0 Å². The second-order valence-electron chi connectivity index (χ2n) is 8.08. The van der Waals surface area contributed by atoms with Gasteiger partial charge in [0, 0.05) is 31.7 Å². The number of aliphatic hydroxyl groups is 1. The highest BCUT2D eigenvalue weighted by Gasteiger charge is 2.32. The van der Waals surface area contributed by atoms with Crippen LogP contribution in [0.1, 0.15) is 56.6 Å². The van der Waals surface area contributed by atoms with Crippen molar-refractivity contribution in [3.8, 4) is 5.75 Å². The first kappa shape index (κ1) is 24.7. The van der Waals surface area contributed by atoms with E-state index in [9.17, 15) is 4.79 Å². The first-order chi connectivity index (χ1) is 16.2. The molecule has 0 saturated carbocycles. The van der Waals surface area contributed by atoms with E-state index < -0.39 is 6.23 Å². The molecule has 0 radical (unpaired) electrons. The summed E-state index contributed by atoms with van der Waals surface area (Å²) in [7, 11) is 0. The molecule has 2 aromatic carbocycles. The van der Waals surface area contributed by atoms with Gasteiger partial charge in [0.2, 0.25) is 0 Å². The van der Waals surface area contributed by atoms with Crippen molar-refractivity contribution in [2.75, 3.05) is 19.8 Å². The highest BCUT2D eigenvalue weighted by molar-refractivity contribution is 6.01. The van der Waals surface area contributed by atoms with E-state index in [0.29, 0.717) is 32.0 Å². The Morgan fingerprint density at radius 1 is 1.06 bits per heavy atom. The summed E-state index contributed by atoms with van der Waals surface area (Å²) >= 11 is 0. The van der Waals surface area contributed by atoms with Crippen molar-refractivity contribution in [3.63, 3.8) is 0 Å². The predicted octanol–water partition coefficient (Wildman–Crippen LogP) is 4.05. The highest BCUT2D eigenvalue weighted by atomic mass is 16.7. The number of hydroxylamine groups is 2. The summed E-state index contributed by atoms with van der Waals surface area (Å²) in [6.45, 7) is 3.88. The minimum absolute atomic E-state index is 0.104. The molecule has 1 unspecified atom stereocenters. The summed E-state index contributed by atoms with van der Waals surface area (Å²) in [6, 6.07) is 17.4. The number of amides is 1. The van der Waals surface area contributed by atoms with E-state index in [2.05, 4.69) is 17.2 Å². The van der Waals surface area contributed by atoms with Gasteiger partial charge in [-0.1, -0.05) is 62.9 Å². The van der Waals surface area contributed by atoms with Crippen molar-refractivity contribution in [1.29, 1.82) is 0 Å². The molecule has 7 nitrogen and oxygen atoms in total. The third-order valence-electron chi connectivity index (χ3n) is 5.39. The molecule has 1 aliphatic heterocycles. The van der Waals surface area contributed by atoms with E-state index in [4.69, 9.17) is 14.7 Å². The average molecular weight is 454 g/mol. The van der Waals surface area contributed by atoms with Crippen LogP contribution in [0, 0.1) is 0 Å². The van der Waals surface area contributed by atoms with Crippen molar-refractivity contribution in [2.24, 2.45) is 4.99 Å². The van der Waals surface area contributed by atoms with Gasteiger partial charge < -0.3 is 15.2 Å². The molecule has 0 aromatic heterocycles. The Morgan fingerprint density at radius 3 is 2.55 bits per heavy atom. The van der Waals surface area contributed by atoms with Gasteiger partial charge in [-0.05, 0) is 36.2 Å². The van der Waals surface area contributed by atoms with Gasteiger partial charge in [-0.25, -0.2) is 14.9 Å². The van der Waals surface area contributed by atoms with E-state index in [-0.39, 0.29) is 12.5 Å². The second kappa shape index (κ2) is 13.6. The molecule has 0 spiro atoms. The maximum atomic E-state index is 12.7. The summed E-state index contributed by atoms with van der Waals surface area (Å²) in [4.78, 5) is 23.3. The maximum Gasteiger partial charge on any atom is 0.274 e. The number of nitrogens with one attached hydrogen (secondary N) is 1. The third kappa shape index (κ3) is 7.87. The number of hydrogen-bond acceptors (Lipinski definition) is 6. The molecule has 1 atom stereocenters. The number of aliphatic imine (C=N–C) groups is 1. The molecular formula is C26H35N3O4. The van der Waals surface area contributed by atoms with Crippen molar-refractivity contribution < 1.29 is 19.5 Å². The van der Waals surface area contributed by atoms with Gasteiger partial charge >= 0.3 is 0 Å². The topological polar surface area (TPSA) is 83.4 Å². The third-order valence-corrected chi connectivity index (χ3v) is 5.39. The second-order valence-corrected chi connectivity index (χ2v) is 8.08. The molecule has 0 fully saturated rings. The number of aliphatic hydroxyl groups excluding tert-OH is 1. The fourth-order valence-electron chi connectivity index (χ4n) is 3.54. The minimum Gasteiger partial charge on any atom is -0.494 e. The minimum atomic E-state index is -0.903. The van der Waals surface area contributed by atoms with Gasteiger partial charge in [-0.3, -0.25) is 4.79 Å². The molecule has 7 heteroatoms. The standard InChI is InChI=1S/C26H35N3O4/c1-2-3-4-5-9-17-29-24(22-13-15-23(16-14-22)32-19-10-18-30)28-26(33-29)25(31)27-20-21-11-7-6-8-12-21/h6-8,11-16,26,30H,2-5,9-10,17-20H2,1H3,(H,27,31). The van der Waals surface area contributed by atoms with Crippen LogP contribution in [0.25, 0.3) is 0 Å². The molecule has 178 valence electrons. The highest BCUT2D eigenvalue weighted by Crippen LogP contribution is 2.21. The molecule has 33 heavy (non-hydrogen) atoms. The van der Waals surface area contributed by atoms with Crippen molar-refractivity contribution in [3.05, 3.63) is 65.7 Å². The Hall–Kier alpha value is -2.90. The van der Waals surface area contributed by atoms with Crippen LogP contribution in [0.2, 0.25) is 0 Å². The molecule has 2 aromatic rings.